The number of carbonyl (C=O) groups is 2. The average Bonchev–Trinajstić information content (AvgIpc) is 3.09. The van der Waals surface area contributed by atoms with Gasteiger partial charge in [0, 0.05) is 19.2 Å². The Labute approximate surface area is 122 Å². The maximum absolute atomic E-state index is 12.4. The molecule has 2 N–H and O–H groups in total. The molecule has 2 heterocycles. The number of likely N-dealkylation sites (tertiary alicyclic amines) is 1. The zero-order chi connectivity index (χ0) is 14.5. The van der Waals surface area contributed by atoms with Crippen molar-refractivity contribution in [2.24, 2.45) is 0 Å². The first kappa shape index (κ1) is 15.0. The van der Waals surface area contributed by atoms with E-state index in [1.807, 2.05) is 18.4 Å². The van der Waals surface area contributed by atoms with Crippen molar-refractivity contribution in [3.63, 3.8) is 0 Å². The molecule has 2 rings (SSSR count). The predicted molar refractivity (Wildman–Crippen MR) is 77.7 cm³/mol. The summed E-state index contributed by atoms with van der Waals surface area (Å²) in [4.78, 5) is 26.9. The van der Waals surface area contributed by atoms with Crippen LogP contribution in [-0.2, 0) is 4.79 Å². The summed E-state index contributed by atoms with van der Waals surface area (Å²) in [5.74, 6) is -0.180. The second-order valence-corrected chi connectivity index (χ2v) is 6.00. The van der Waals surface area contributed by atoms with Gasteiger partial charge < -0.3 is 15.3 Å². The second-order valence-electron chi connectivity index (χ2n) is 5.06. The molecule has 6 heteroatoms. The normalized spacial score (nSPS) is 19.9. The van der Waals surface area contributed by atoms with Gasteiger partial charge in [0.1, 0.15) is 6.04 Å². The van der Waals surface area contributed by atoms with Crippen molar-refractivity contribution in [2.45, 2.75) is 38.3 Å². The first-order valence-corrected chi connectivity index (χ1v) is 7.77. The molecule has 2 atom stereocenters. The smallest absolute Gasteiger partial charge is 0.264 e. The van der Waals surface area contributed by atoms with Crippen LogP contribution in [-0.4, -0.2) is 47.1 Å². The lowest BCUT2D eigenvalue weighted by Gasteiger charge is -2.25. The SMILES string of the molecule is CC(CCO)NC(=O)[C@@H]1CCCN1C(=O)c1cccs1. The first-order chi connectivity index (χ1) is 9.63. The van der Waals surface area contributed by atoms with Crippen molar-refractivity contribution in [1.82, 2.24) is 10.2 Å². The minimum Gasteiger partial charge on any atom is -0.396 e. The zero-order valence-corrected chi connectivity index (χ0v) is 12.4. The fourth-order valence-corrected chi connectivity index (χ4v) is 3.11. The summed E-state index contributed by atoms with van der Waals surface area (Å²) in [7, 11) is 0. The molecule has 1 fully saturated rings. The minimum absolute atomic E-state index is 0.0456. The van der Waals surface area contributed by atoms with Crippen LogP contribution in [0.25, 0.3) is 0 Å². The molecule has 1 aliphatic rings. The van der Waals surface area contributed by atoms with E-state index in [9.17, 15) is 9.59 Å². The molecule has 0 aromatic carbocycles. The Morgan fingerprint density at radius 3 is 3.05 bits per heavy atom. The third-order valence-corrected chi connectivity index (χ3v) is 4.36. The molecule has 0 bridgehead atoms. The summed E-state index contributed by atoms with van der Waals surface area (Å²) >= 11 is 1.40. The highest BCUT2D eigenvalue weighted by atomic mass is 32.1. The van der Waals surface area contributed by atoms with Crippen molar-refractivity contribution < 1.29 is 14.7 Å². The van der Waals surface area contributed by atoms with Crippen LogP contribution in [0.1, 0.15) is 35.9 Å². The number of hydrogen-bond acceptors (Lipinski definition) is 4. The third kappa shape index (κ3) is 3.37. The van der Waals surface area contributed by atoms with E-state index in [0.29, 0.717) is 24.3 Å². The molecule has 0 aliphatic carbocycles. The highest BCUT2D eigenvalue weighted by molar-refractivity contribution is 7.12. The predicted octanol–water partition coefficient (Wildman–Crippen LogP) is 1.24. The fraction of sp³-hybridized carbons (Fsp3) is 0.571. The number of aliphatic hydroxyl groups excluding tert-OH is 1. The number of rotatable bonds is 5. The van der Waals surface area contributed by atoms with Gasteiger partial charge in [-0.2, -0.15) is 0 Å². The van der Waals surface area contributed by atoms with E-state index >= 15 is 0 Å². The van der Waals surface area contributed by atoms with Gasteiger partial charge in [-0.1, -0.05) is 6.07 Å². The third-order valence-electron chi connectivity index (χ3n) is 3.50. The van der Waals surface area contributed by atoms with Gasteiger partial charge in [-0.05, 0) is 37.6 Å². The summed E-state index contributed by atoms with van der Waals surface area (Å²) < 4.78 is 0. The van der Waals surface area contributed by atoms with Gasteiger partial charge in [0.05, 0.1) is 4.88 Å². The van der Waals surface area contributed by atoms with E-state index < -0.39 is 0 Å². The Hall–Kier alpha value is -1.40. The van der Waals surface area contributed by atoms with Crippen LogP contribution in [0, 0.1) is 0 Å². The van der Waals surface area contributed by atoms with E-state index in [4.69, 9.17) is 5.11 Å². The minimum atomic E-state index is -0.384. The highest BCUT2D eigenvalue weighted by Gasteiger charge is 2.35. The average molecular weight is 296 g/mol. The summed E-state index contributed by atoms with van der Waals surface area (Å²) in [6, 6.07) is 3.17. The first-order valence-electron chi connectivity index (χ1n) is 6.89. The maximum atomic E-state index is 12.4. The molecule has 1 aromatic heterocycles. The largest absolute Gasteiger partial charge is 0.396 e. The molecule has 20 heavy (non-hydrogen) atoms. The lowest BCUT2D eigenvalue weighted by atomic mass is 10.1. The van der Waals surface area contributed by atoms with Crippen LogP contribution >= 0.6 is 11.3 Å². The van der Waals surface area contributed by atoms with Crippen LogP contribution in [0.3, 0.4) is 0 Å². The molecule has 110 valence electrons. The lowest BCUT2D eigenvalue weighted by Crippen LogP contribution is -2.48. The Bertz CT molecular complexity index is 461. The Morgan fingerprint density at radius 2 is 2.40 bits per heavy atom. The highest BCUT2D eigenvalue weighted by Crippen LogP contribution is 2.22. The standard InChI is InChI=1S/C14H20N2O3S/c1-10(6-8-17)15-13(18)11-4-2-7-16(11)14(19)12-5-3-9-20-12/h3,5,9-11,17H,2,4,6-8H2,1H3,(H,15,18)/t10?,11-/m0/s1. The summed E-state index contributed by atoms with van der Waals surface area (Å²) in [6.07, 6.45) is 2.08. The van der Waals surface area contributed by atoms with Gasteiger partial charge >= 0.3 is 0 Å². The van der Waals surface area contributed by atoms with Gasteiger partial charge in [-0.15, -0.1) is 11.3 Å². The van der Waals surface area contributed by atoms with Gasteiger partial charge in [0.2, 0.25) is 5.91 Å². The summed E-state index contributed by atoms with van der Waals surface area (Å²) in [6.45, 7) is 2.53. The molecule has 5 nitrogen and oxygen atoms in total. The monoisotopic (exact) mass is 296 g/mol. The van der Waals surface area contributed by atoms with Crippen molar-refractivity contribution in [3.8, 4) is 0 Å². The van der Waals surface area contributed by atoms with Gasteiger partial charge in [-0.25, -0.2) is 0 Å². The van der Waals surface area contributed by atoms with E-state index in [2.05, 4.69) is 5.32 Å². The van der Waals surface area contributed by atoms with Crippen LogP contribution in [0.2, 0.25) is 0 Å². The van der Waals surface area contributed by atoms with Gasteiger partial charge in [-0.3, -0.25) is 9.59 Å². The van der Waals surface area contributed by atoms with E-state index in [1.165, 1.54) is 11.3 Å². The van der Waals surface area contributed by atoms with Crippen LogP contribution in [0.5, 0.6) is 0 Å². The van der Waals surface area contributed by atoms with Crippen LogP contribution in [0.15, 0.2) is 17.5 Å². The number of hydrogen-bond donors (Lipinski definition) is 2. The lowest BCUT2D eigenvalue weighted by molar-refractivity contribution is -0.125. The molecule has 2 amide bonds. The number of carbonyl (C=O) groups excluding carboxylic acids is 2. The summed E-state index contributed by atoms with van der Waals surface area (Å²) in [5, 5.41) is 13.6. The van der Waals surface area contributed by atoms with E-state index in [1.54, 1.807) is 11.0 Å². The summed E-state index contributed by atoms with van der Waals surface area (Å²) in [5.41, 5.74) is 0. The van der Waals surface area contributed by atoms with Gasteiger partial charge in [0.25, 0.3) is 5.91 Å². The van der Waals surface area contributed by atoms with E-state index in [0.717, 1.165) is 6.42 Å². The van der Waals surface area contributed by atoms with Crippen molar-refractivity contribution in [3.05, 3.63) is 22.4 Å². The molecule has 1 unspecified atom stereocenters. The topological polar surface area (TPSA) is 69.6 Å². The number of nitrogens with zero attached hydrogens (tertiary/aromatic N) is 1. The number of nitrogens with one attached hydrogen (secondary N) is 1. The van der Waals surface area contributed by atoms with Crippen molar-refractivity contribution in [1.29, 1.82) is 0 Å². The van der Waals surface area contributed by atoms with E-state index in [-0.39, 0.29) is 30.5 Å². The number of thiophene rings is 1. The molecule has 1 saturated heterocycles. The quantitative estimate of drug-likeness (QED) is 0.859. The van der Waals surface area contributed by atoms with Crippen LogP contribution < -0.4 is 5.32 Å². The fourth-order valence-electron chi connectivity index (χ4n) is 2.43. The molecular formula is C14H20N2O3S. The molecule has 1 aromatic rings. The number of aliphatic hydroxyl groups is 1. The van der Waals surface area contributed by atoms with Crippen molar-refractivity contribution in [2.75, 3.05) is 13.2 Å². The Morgan fingerprint density at radius 1 is 1.60 bits per heavy atom. The Kier molecular flexibility index (Phi) is 5.14. The van der Waals surface area contributed by atoms with Crippen LogP contribution in [0.4, 0.5) is 0 Å². The van der Waals surface area contributed by atoms with Gasteiger partial charge in [0.15, 0.2) is 0 Å². The maximum Gasteiger partial charge on any atom is 0.264 e. The molecule has 1 aliphatic heterocycles. The zero-order valence-electron chi connectivity index (χ0n) is 11.5. The molecule has 0 radical (unpaired) electrons. The molecule has 0 saturated carbocycles. The Balaban J connectivity index is 2.00. The second kappa shape index (κ2) is 6.85. The van der Waals surface area contributed by atoms with Crippen molar-refractivity contribution >= 4 is 23.2 Å². The molecule has 0 spiro atoms. The number of amides is 2. The molecular weight excluding hydrogens is 276 g/mol.